The molecule has 0 amide bonds. The van der Waals surface area contributed by atoms with Crippen LogP contribution in [0.1, 0.15) is 51.0 Å². The largest absolute Gasteiger partial charge is 0.310 e. The summed E-state index contributed by atoms with van der Waals surface area (Å²) in [5, 5.41) is 3.90. The second kappa shape index (κ2) is 7.56. The molecule has 2 unspecified atom stereocenters. The van der Waals surface area contributed by atoms with Crippen molar-refractivity contribution in [1.82, 2.24) is 10.2 Å². The first kappa shape index (κ1) is 15.9. The molecule has 1 saturated heterocycles. The number of nitrogens with one attached hydrogen (secondary N) is 1. The van der Waals surface area contributed by atoms with E-state index in [9.17, 15) is 4.39 Å². The maximum Gasteiger partial charge on any atom is 0.123 e. The molecule has 1 saturated carbocycles. The third-order valence-electron chi connectivity index (χ3n) is 5.11. The summed E-state index contributed by atoms with van der Waals surface area (Å²) >= 11 is 0. The summed E-state index contributed by atoms with van der Waals surface area (Å²) in [7, 11) is 0. The van der Waals surface area contributed by atoms with Gasteiger partial charge in [0.1, 0.15) is 5.82 Å². The maximum absolute atomic E-state index is 13.4. The fourth-order valence-electron chi connectivity index (χ4n) is 4.21. The van der Waals surface area contributed by atoms with Crippen LogP contribution in [-0.2, 0) is 6.54 Å². The second-order valence-electron chi connectivity index (χ2n) is 7.36. The molecule has 1 heterocycles. The van der Waals surface area contributed by atoms with Gasteiger partial charge in [-0.1, -0.05) is 38.3 Å². The summed E-state index contributed by atoms with van der Waals surface area (Å²) in [5.74, 6) is 0.586. The highest BCUT2D eigenvalue weighted by atomic mass is 19.1. The molecule has 122 valence electrons. The van der Waals surface area contributed by atoms with Crippen LogP contribution in [0.3, 0.4) is 0 Å². The van der Waals surface area contributed by atoms with E-state index in [4.69, 9.17) is 0 Å². The number of hydrogen-bond donors (Lipinski definition) is 1. The number of hydrogen-bond acceptors (Lipinski definition) is 2. The van der Waals surface area contributed by atoms with E-state index in [1.165, 1.54) is 44.6 Å². The molecule has 22 heavy (non-hydrogen) atoms. The lowest BCUT2D eigenvalue weighted by molar-refractivity contribution is 0.131. The van der Waals surface area contributed by atoms with Gasteiger partial charge >= 0.3 is 0 Å². The molecule has 2 nitrogen and oxygen atoms in total. The zero-order valence-corrected chi connectivity index (χ0v) is 13.7. The Kier molecular flexibility index (Phi) is 5.48. The molecule has 1 aliphatic heterocycles. The molecule has 3 rings (SSSR count). The molecular formula is C19H29FN2. The fraction of sp³-hybridized carbons (Fsp3) is 0.684. The lowest BCUT2D eigenvalue weighted by Crippen LogP contribution is -2.51. The molecule has 2 aliphatic rings. The van der Waals surface area contributed by atoms with Crippen LogP contribution in [0, 0.1) is 11.7 Å². The molecule has 2 atom stereocenters. The Morgan fingerprint density at radius 1 is 1.14 bits per heavy atom. The Morgan fingerprint density at radius 2 is 1.95 bits per heavy atom. The van der Waals surface area contributed by atoms with Crippen molar-refractivity contribution >= 4 is 0 Å². The summed E-state index contributed by atoms with van der Waals surface area (Å²) in [6.07, 6.45) is 8.13. The molecule has 1 aromatic carbocycles. The average molecular weight is 304 g/mol. The zero-order chi connectivity index (χ0) is 15.4. The zero-order valence-electron chi connectivity index (χ0n) is 13.7. The quantitative estimate of drug-likeness (QED) is 0.906. The predicted octanol–water partition coefficient (Wildman–Crippen LogP) is 3.96. The average Bonchev–Trinajstić information content (AvgIpc) is 2.47. The van der Waals surface area contributed by atoms with Gasteiger partial charge < -0.3 is 5.32 Å². The molecule has 1 aliphatic carbocycles. The van der Waals surface area contributed by atoms with Crippen molar-refractivity contribution < 1.29 is 4.39 Å². The van der Waals surface area contributed by atoms with Crippen LogP contribution in [0.25, 0.3) is 0 Å². The van der Waals surface area contributed by atoms with E-state index < -0.39 is 0 Å². The molecule has 0 radical (unpaired) electrons. The van der Waals surface area contributed by atoms with Crippen molar-refractivity contribution in [3.8, 4) is 0 Å². The van der Waals surface area contributed by atoms with E-state index in [0.29, 0.717) is 12.0 Å². The third kappa shape index (κ3) is 4.53. The van der Waals surface area contributed by atoms with E-state index >= 15 is 0 Å². The van der Waals surface area contributed by atoms with Crippen LogP contribution >= 0.6 is 0 Å². The predicted molar refractivity (Wildman–Crippen MR) is 89.3 cm³/mol. The topological polar surface area (TPSA) is 15.3 Å². The van der Waals surface area contributed by atoms with Crippen molar-refractivity contribution in [2.24, 2.45) is 5.92 Å². The van der Waals surface area contributed by atoms with Crippen molar-refractivity contribution in [1.29, 1.82) is 0 Å². The smallest absolute Gasteiger partial charge is 0.123 e. The Balaban J connectivity index is 1.55. The van der Waals surface area contributed by atoms with E-state index in [1.807, 2.05) is 12.1 Å². The summed E-state index contributed by atoms with van der Waals surface area (Å²) in [6.45, 7) is 5.43. The van der Waals surface area contributed by atoms with Crippen LogP contribution in [-0.4, -0.2) is 30.1 Å². The SMILES string of the molecule is CC1CC(NC2CCCCC2)CN(Cc2cccc(F)c2)C1. The minimum Gasteiger partial charge on any atom is -0.310 e. The van der Waals surface area contributed by atoms with Crippen LogP contribution in [0.15, 0.2) is 24.3 Å². The highest BCUT2D eigenvalue weighted by Gasteiger charge is 2.27. The van der Waals surface area contributed by atoms with Gasteiger partial charge in [-0.05, 0) is 42.9 Å². The Labute approximate surface area is 134 Å². The number of benzene rings is 1. The Bertz CT molecular complexity index is 470. The standard InChI is InChI=1S/C19H29FN2/c1-15-10-19(21-18-8-3-2-4-9-18)14-22(12-15)13-16-6-5-7-17(20)11-16/h5-7,11,15,18-19,21H,2-4,8-10,12-14H2,1H3. The first-order valence-corrected chi connectivity index (χ1v) is 8.92. The number of nitrogens with zero attached hydrogens (tertiary/aromatic N) is 1. The van der Waals surface area contributed by atoms with Gasteiger partial charge in [-0.2, -0.15) is 0 Å². The fourth-order valence-corrected chi connectivity index (χ4v) is 4.21. The Hall–Kier alpha value is -0.930. The van der Waals surface area contributed by atoms with Gasteiger partial charge in [0, 0.05) is 31.7 Å². The summed E-state index contributed by atoms with van der Waals surface area (Å²) in [4.78, 5) is 2.49. The van der Waals surface area contributed by atoms with Gasteiger partial charge in [-0.25, -0.2) is 4.39 Å². The number of halogens is 1. The minimum absolute atomic E-state index is 0.126. The molecular weight excluding hydrogens is 275 g/mol. The van der Waals surface area contributed by atoms with Crippen molar-refractivity contribution in [3.05, 3.63) is 35.6 Å². The number of rotatable bonds is 4. The van der Waals surface area contributed by atoms with Crippen molar-refractivity contribution in [2.75, 3.05) is 13.1 Å². The van der Waals surface area contributed by atoms with Gasteiger partial charge in [0.15, 0.2) is 0 Å². The first-order chi connectivity index (χ1) is 10.7. The van der Waals surface area contributed by atoms with Gasteiger partial charge in [-0.15, -0.1) is 0 Å². The normalized spacial score (nSPS) is 27.9. The van der Waals surface area contributed by atoms with Gasteiger partial charge in [0.05, 0.1) is 0 Å². The van der Waals surface area contributed by atoms with E-state index in [-0.39, 0.29) is 5.82 Å². The van der Waals surface area contributed by atoms with Gasteiger partial charge in [0.2, 0.25) is 0 Å². The second-order valence-corrected chi connectivity index (χ2v) is 7.36. The minimum atomic E-state index is -0.126. The van der Waals surface area contributed by atoms with Gasteiger partial charge in [-0.3, -0.25) is 4.90 Å². The van der Waals surface area contributed by atoms with Crippen LogP contribution < -0.4 is 5.32 Å². The molecule has 0 aromatic heterocycles. The molecule has 0 spiro atoms. The third-order valence-corrected chi connectivity index (χ3v) is 5.11. The molecule has 1 N–H and O–H groups in total. The van der Waals surface area contributed by atoms with Crippen LogP contribution in [0.4, 0.5) is 4.39 Å². The lowest BCUT2D eigenvalue weighted by Gasteiger charge is -2.39. The molecule has 2 fully saturated rings. The van der Waals surface area contributed by atoms with Crippen LogP contribution in [0.5, 0.6) is 0 Å². The summed E-state index contributed by atoms with van der Waals surface area (Å²) in [6, 6.07) is 8.36. The summed E-state index contributed by atoms with van der Waals surface area (Å²) < 4.78 is 13.4. The highest BCUT2D eigenvalue weighted by molar-refractivity contribution is 5.16. The first-order valence-electron chi connectivity index (χ1n) is 8.92. The molecule has 1 aromatic rings. The van der Waals surface area contributed by atoms with Gasteiger partial charge in [0.25, 0.3) is 0 Å². The van der Waals surface area contributed by atoms with E-state index in [0.717, 1.165) is 31.2 Å². The van der Waals surface area contributed by atoms with E-state index in [2.05, 4.69) is 17.1 Å². The van der Waals surface area contributed by atoms with Crippen molar-refractivity contribution in [2.45, 2.75) is 64.1 Å². The van der Waals surface area contributed by atoms with Crippen molar-refractivity contribution in [3.63, 3.8) is 0 Å². The summed E-state index contributed by atoms with van der Waals surface area (Å²) in [5.41, 5.74) is 1.09. The lowest BCUT2D eigenvalue weighted by atomic mass is 9.91. The molecule has 0 bridgehead atoms. The highest BCUT2D eigenvalue weighted by Crippen LogP contribution is 2.23. The van der Waals surface area contributed by atoms with Crippen LogP contribution in [0.2, 0.25) is 0 Å². The number of piperidine rings is 1. The monoisotopic (exact) mass is 304 g/mol. The number of likely N-dealkylation sites (tertiary alicyclic amines) is 1. The maximum atomic E-state index is 13.4. The molecule has 3 heteroatoms. The van der Waals surface area contributed by atoms with E-state index in [1.54, 1.807) is 6.07 Å². The Morgan fingerprint density at radius 3 is 2.73 bits per heavy atom.